The Kier molecular flexibility index (Phi) is 6.18. The van der Waals surface area contributed by atoms with Crippen molar-refractivity contribution in [2.75, 3.05) is 19.8 Å². The van der Waals surface area contributed by atoms with Crippen LogP contribution in [0.25, 0.3) is 0 Å². The molecule has 0 radical (unpaired) electrons. The second-order valence-electron chi connectivity index (χ2n) is 6.02. The first kappa shape index (κ1) is 17.9. The van der Waals surface area contributed by atoms with Crippen LogP contribution in [-0.2, 0) is 9.53 Å². The number of amides is 1. The van der Waals surface area contributed by atoms with E-state index < -0.39 is 11.9 Å². The molecule has 1 fully saturated rings. The average Bonchev–Trinajstić information content (AvgIpc) is 2.51. The van der Waals surface area contributed by atoms with Crippen LogP contribution < -0.4 is 5.32 Å². The SMILES string of the molecule is Cc1cc(C(=O)NCC(C(=O)O)C2CCOCC2)c(C)cc1Br. The first-order valence-electron chi connectivity index (χ1n) is 7.75. The summed E-state index contributed by atoms with van der Waals surface area (Å²) in [5.41, 5.74) is 2.42. The number of rotatable bonds is 5. The number of nitrogens with one attached hydrogen (secondary N) is 1. The van der Waals surface area contributed by atoms with Gasteiger partial charge < -0.3 is 15.2 Å². The average molecular weight is 384 g/mol. The van der Waals surface area contributed by atoms with Crippen molar-refractivity contribution in [3.63, 3.8) is 0 Å². The number of carboxylic acids is 1. The largest absolute Gasteiger partial charge is 0.481 e. The Bertz CT molecular complexity index is 597. The van der Waals surface area contributed by atoms with Crippen LogP contribution in [-0.4, -0.2) is 36.7 Å². The van der Waals surface area contributed by atoms with Gasteiger partial charge in [-0.25, -0.2) is 0 Å². The second kappa shape index (κ2) is 7.93. The molecule has 2 N–H and O–H groups in total. The van der Waals surface area contributed by atoms with Crippen molar-refractivity contribution in [3.8, 4) is 0 Å². The molecule has 5 nitrogen and oxygen atoms in total. The molecule has 1 heterocycles. The maximum Gasteiger partial charge on any atom is 0.308 e. The zero-order valence-electron chi connectivity index (χ0n) is 13.4. The fraction of sp³-hybridized carbons (Fsp3) is 0.529. The number of halogens is 1. The topological polar surface area (TPSA) is 75.6 Å². The van der Waals surface area contributed by atoms with E-state index in [9.17, 15) is 14.7 Å². The molecule has 1 aliphatic rings. The normalized spacial score (nSPS) is 16.8. The molecule has 23 heavy (non-hydrogen) atoms. The van der Waals surface area contributed by atoms with E-state index in [0.29, 0.717) is 18.8 Å². The Labute approximate surface area is 144 Å². The lowest BCUT2D eigenvalue weighted by Crippen LogP contribution is -2.39. The first-order valence-corrected chi connectivity index (χ1v) is 8.55. The zero-order valence-corrected chi connectivity index (χ0v) is 15.0. The molecule has 0 aliphatic carbocycles. The van der Waals surface area contributed by atoms with Crippen LogP contribution in [0.2, 0.25) is 0 Å². The predicted molar refractivity (Wildman–Crippen MR) is 90.6 cm³/mol. The van der Waals surface area contributed by atoms with Gasteiger partial charge in [-0.2, -0.15) is 0 Å². The number of aliphatic carboxylic acids is 1. The second-order valence-corrected chi connectivity index (χ2v) is 6.88. The minimum Gasteiger partial charge on any atom is -0.481 e. The van der Waals surface area contributed by atoms with E-state index in [4.69, 9.17) is 4.74 Å². The lowest BCUT2D eigenvalue weighted by molar-refractivity contribution is -0.144. The van der Waals surface area contributed by atoms with Crippen LogP contribution in [0.4, 0.5) is 0 Å². The molecule has 126 valence electrons. The molecule has 1 amide bonds. The van der Waals surface area contributed by atoms with Gasteiger partial charge in [-0.05, 0) is 55.9 Å². The third-order valence-corrected chi connectivity index (χ3v) is 5.24. The third kappa shape index (κ3) is 4.54. The van der Waals surface area contributed by atoms with Crippen LogP contribution in [0.5, 0.6) is 0 Å². The Morgan fingerprint density at radius 1 is 1.30 bits per heavy atom. The fourth-order valence-electron chi connectivity index (χ4n) is 2.90. The predicted octanol–water partition coefficient (Wildman–Crippen LogP) is 2.92. The van der Waals surface area contributed by atoms with E-state index in [0.717, 1.165) is 28.4 Å². The van der Waals surface area contributed by atoms with Gasteiger partial charge in [0.1, 0.15) is 0 Å². The van der Waals surface area contributed by atoms with E-state index in [2.05, 4.69) is 21.2 Å². The van der Waals surface area contributed by atoms with Crippen LogP contribution in [0, 0.1) is 25.7 Å². The van der Waals surface area contributed by atoms with Crippen molar-refractivity contribution < 1.29 is 19.4 Å². The van der Waals surface area contributed by atoms with E-state index in [1.165, 1.54) is 0 Å². The van der Waals surface area contributed by atoms with E-state index in [1.807, 2.05) is 26.0 Å². The maximum atomic E-state index is 12.4. The molecule has 0 spiro atoms. The molecule has 0 aromatic heterocycles. The Hall–Kier alpha value is -1.40. The van der Waals surface area contributed by atoms with Gasteiger partial charge in [0.2, 0.25) is 0 Å². The molecular weight excluding hydrogens is 362 g/mol. The van der Waals surface area contributed by atoms with E-state index in [-0.39, 0.29) is 18.4 Å². The van der Waals surface area contributed by atoms with Crippen LogP contribution in [0.15, 0.2) is 16.6 Å². The molecule has 1 saturated heterocycles. The van der Waals surface area contributed by atoms with Crippen molar-refractivity contribution in [2.45, 2.75) is 26.7 Å². The number of hydrogen-bond donors (Lipinski definition) is 2. The van der Waals surface area contributed by atoms with E-state index in [1.54, 1.807) is 0 Å². The van der Waals surface area contributed by atoms with Gasteiger partial charge in [0.25, 0.3) is 5.91 Å². The van der Waals surface area contributed by atoms with Crippen molar-refractivity contribution in [1.29, 1.82) is 0 Å². The highest BCUT2D eigenvalue weighted by Gasteiger charge is 2.30. The molecule has 1 unspecified atom stereocenters. The summed E-state index contributed by atoms with van der Waals surface area (Å²) < 4.78 is 6.24. The van der Waals surface area contributed by atoms with Crippen molar-refractivity contribution >= 4 is 27.8 Å². The number of aryl methyl sites for hydroxylation is 2. The molecule has 0 bridgehead atoms. The van der Waals surface area contributed by atoms with Crippen molar-refractivity contribution in [3.05, 3.63) is 33.3 Å². The molecule has 1 aromatic carbocycles. The molecule has 1 atom stereocenters. The Balaban J connectivity index is 2.04. The van der Waals surface area contributed by atoms with Gasteiger partial charge in [-0.3, -0.25) is 9.59 Å². The summed E-state index contributed by atoms with van der Waals surface area (Å²) >= 11 is 3.44. The highest BCUT2D eigenvalue weighted by Crippen LogP contribution is 2.24. The van der Waals surface area contributed by atoms with Gasteiger partial charge in [0, 0.05) is 29.8 Å². The summed E-state index contributed by atoms with van der Waals surface area (Å²) in [6.45, 7) is 5.11. The van der Waals surface area contributed by atoms with Gasteiger partial charge in [-0.15, -0.1) is 0 Å². The highest BCUT2D eigenvalue weighted by atomic mass is 79.9. The number of carbonyl (C=O) groups is 2. The lowest BCUT2D eigenvalue weighted by atomic mass is 9.86. The summed E-state index contributed by atoms with van der Waals surface area (Å²) in [6, 6.07) is 3.72. The summed E-state index contributed by atoms with van der Waals surface area (Å²) in [5, 5.41) is 12.2. The number of hydrogen-bond acceptors (Lipinski definition) is 3. The number of ether oxygens (including phenoxy) is 1. The first-order chi connectivity index (χ1) is 10.9. The standard InChI is InChI=1S/C17H22BrNO4/c1-10-8-15(18)11(2)7-13(10)16(20)19-9-14(17(21)22)12-3-5-23-6-4-12/h7-8,12,14H,3-6,9H2,1-2H3,(H,19,20)(H,21,22). The Morgan fingerprint density at radius 3 is 2.57 bits per heavy atom. The van der Waals surface area contributed by atoms with Crippen molar-refractivity contribution in [2.24, 2.45) is 11.8 Å². The molecule has 6 heteroatoms. The third-order valence-electron chi connectivity index (χ3n) is 4.38. The quantitative estimate of drug-likeness (QED) is 0.819. The summed E-state index contributed by atoms with van der Waals surface area (Å²) in [7, 11) is 0. The van der Waals surface area contributed by atoms with Gasteiger partial charge in [0.05, 0.1) is 5.92 Å². The van der Waals surface area contributed by atoms with Crippen LogP contribution >= 0.6 is 15.9 Å². The Morgan fingerprint density at radius 2 is 1.96 bits per heavy atom. The molecule has 0 saturated carbocycles. The summed E-state index contributed by atoms with van der Waals surface area (Å²) in [5.74, 6) is -1.61. The molecule has 1 aromatic rings. The summed E-state index contributed by atoms with van der Waals surface area (Å²) in [6.07, 6.45) is 1.45. The number of carboxylic acid groups (broad SMARTS) is 1. The van der Waals surface area contributed by atoms with Gasteiger partial charge in [0.15, 0.2) is 0 Å². The molecule has 1 aliphatic heterocycles. The smallest absolute Gasteiger partial charge is 0.308 e. The van der Waals surface area contributed by atoms with Crippen LogP contribution in [0.1, 0.15) is 34.3 Å². The van der Waals surface area contributed by atoms with E-state index >= 15 is 0 Å². The fourth-order valence-corrected chi connectivity index (χ4v) is 3.36. The highest BCUT2D eigenvalue weighted by molar-refractivity contribution is 9.10. The minimum absolute atomic E-state index is 0.0503. The van der Waals surface area contributed by atoms with Crippen molar-refractivity contribution in [1.82, 2.24) is 5.32 Å². The number of benzene rings is 1. The molecular formula is C17H22BrNO4. The summed E-state index contributed by atoms with van der Waals surface area (Å²) in [4.78, 5) is 23.9. The lowest BCUT2D eigenvalue weighted by Gasteiger charge is -2.27. The van der Waals surface area contributed by atoms with Crippen LogP contribution in [0.3, 0.4) is 0 Å². The zero-order chi connectivity index (χ0) is 17.0. The monoisotopic (exact) mass is 383 g/mol. The maximum absolute atomic E-state index is 12.4. The van der Waals surface area contributed by atoms with Gasteiger partial charge in [-0.1, -0.05) is 15.9 Å². The van der Waals surface area contributed by atoms with Gasteiger partial charge >= 0.3 is 5.97 Å². The number of carbonyl (C=O) groups excluding carboxylic acids is 1. The molecule has 2 rings (SSSR count). The minimum atomic E-state index is -0.860.